The SMILES string of the molecule is Cl.N#Cc1ccnc(N2CCN(C(=O)C3CCCN3)CC2)c1. The third kappa shape index (κ3) is 3.49. The number of nitrogens with one attached hydrogen (secondary N) is 1. The second-order valence-corrected chi connectivity index (χ2v) is 5.48. The minimum absolute atomic E-state index is 0. The number of nitrogens with zero attached hydrogens (tertiary/aromatic N) is 4. The molecule has 1 aromatic rings. The van der Waals surface area contributed by atoms with Gasteiger partial charge in [-0.05, 0) is 31.5 Å². The first kappa shape index (κ1) is 16.5. The Kier molecular flexibility index (Phi) is 5.58. The number of nitriles is 1. The van der Waals surface area contributed by atoms with Crippen molar-refractivity contribution in [1.29, 1.82) is 5.26 Å². The number of carbonyl (C=O) groups is 1. The molecule has 2 saturated heterocycles. The summed E-state index contributed by atoms with van der Waals surface area (Å²) >= 11 is 0. The maximum atomic E-state index is 12.3. The normalized spacial score (nSPS) is 21.1. The van der Waals surface area contributed by atoms with E-state index in [-0.39, 0.29) is 24.4 Å². The van der Waals surface area contributed by atoms with E-state index in [1.165, 1.54) is 0 Å². The summed E-state index contributed by atoms with van der Waals surface area (Å²) in [6, 6.07) is 5.65. The van der Waals surface area contributed by atoms with Crippen molar-refractivity contribution >= 4 is 24.1 Å². The van der Waals surface area contributed by atoms with Crippen molar-refractivity contribution in [1.82, 2.24) is 15.2 Å². The van der Waals surface area contributed by atoms with Crippen LogP contribution in [0, 0.1) is 11.3 Å². The van der Waals surface area contributed by atoms with Gasteiger partial charge in [0, 0.05) is 32.4 Å². The van der Waals surface area contributed by atoms with Crippen molar-refractivity contribution in [3.8, 4) is 6.07 Å². The maximum Gasteiger partial charge on any atom is 0.239 e. The maximum absolute atomic E-state index is 12.3. The highest BCUT2D eigenvalue weighted by Crippen LogP contribution is 2.16. The van der Waals surface area contributed by atoms with Crippen LogP contribution in [0.15, 0.2) is 18.3 Å². The smallest absolute Gasteiger partial charge is 0.239 e. The minimum Gasteiger partial charge on any atom is -0.353 e. The molecule has 118 valence electrons. The van der Waals surface area contributed by atoms with E-state index in [0.29, 0.717) is 5.56 Å². The fourth-order valence-corrected chi connectivity index (χ4v) is 2.93. The summed E-state index contributed by atoms with van der Waals surface area (Å²) in [5.74, 6) is 1.05. The number of carbonyl (C=O) groups excluding carboxylic acids is 1. The Morgan fingerprint density at radius 1 is 1.36 bits per heavy atom. The first-order valence-corrected chi connectivity index (χ1v) is 7.41. The standard InChI is InChI=1S/C15H19N5O.ClH/c16-11-12-3-5-18-14(10-12)19-6-8-20(9-7-19)15(21)13-2-1-4-17-13;/h3,5,10,13,17H,1-2,4,6-9H2;1H. The highest BCUT2D eigenvalue weighted by Gasteiger charge is 2.29. The number of aromatic nitrogens is 1. The summed E-state index contributed by atoms with van der Waals surface area (Å²) in [4.78, 5) is 20.7. The lowest BCUT2D eigenvalue weighted by molar-refractivity contribution is -0.133. The summed E-state index contributed by atoms with van der Waals surface area (Å²) in [6.07, 6.45) is 3.69. The molecule has 1 amide bonds. The molecule has 0 bridgehead atoms. The van der Waals surface area contributed by atoms with Gasteiger partial charge in [-0.25, -0.2) is 4.98 Å². The van der Waals surface area contributed by atoms with Gasteiger partial charge in [0.15, 0.2) is 0 Å². The van der Waals surface area contributed by atoms with Crippen LogP contribution in [0.25, 0.3) is 0 Å². The van der Waals surface area contributed by atoms with Gasteiger partial charge in [-0.15, -0.1) is 12.4 Å². The molecule has 0 saturated carbocycles. The van der Waals surface area contributed by atoms with Gasteiger partial charge in [0.1, 0.15) is 5.82 Å². The van der Waals surface area contributed by atoms with Crippen molar-refractivity contribution in [2.24, 2.45) is 0 Å². The molecule has 0 aromatic carbocycles. The Labute approximate surface area is 136 Å². The monoisotopic (exact) mass is 321 g/mol. The zero-order valence-electron chi connectivity index (χ0n) is 12.4. The molecule has 3 heterocycles. The summed E-state index contributed by atoms with van der Waals surface area (Å²) < 4.78 is 0. The molecule has 6 nitrogen and oxygen atoms in total. The van der Waals surface area contributed by atoms with Crippen molar-refractivity contribution in [2.75, 3.05) is 37.6 Å². The van der Waals surface area contributed by atoms with Crippen molar-refractivity contribution in [2.45, 2.75) is 18.9 Å². The van der Waals surface area contributed by atoms with Gasteiger partial charge in [0.25, 0.3) is 0 Å². The molecule has 0 spiro atoms. The average molecular weight is 322 g/mol. The fraction of sp³-hybridized carbons (Fsp3) is 0.533. The lowest BCUT2D eigenvalue weighted by Gasteiger charge is -2.36. The second kappa shape index (κ2) is 7.43. The van der Waals surface area contributed by atoms with Crippen LogP contribution in [0.5, 0.6) is 0 Å². The van der Waals surface area contributed by atoms with Crippen LogP contribution < -0.4 is 10.2 Å². The molecule has 1 unspecified atom stereocenters. The molecule has 1 N–H and O–H groups in total. The minimum atomic E-state index is 0. The van der Waals surface area contributed by atoms with Crippen LogP contribution in [0.4, 0.5) is 5.82 Å². The molecule has 1 atom stereocenters. The van der Waals surface area contributed by atoms with E-state index in [1.54, 1.807) is 18.3 Å². The Bertz CT molecular complexity index is 559. The molecule has 1 aromatic heterocycles. The number of amides is 1. The van der Waals surface area contributed by atoms with E-state index < -0.39 is 0 Å². The van der Waals surface area contributed by atoms with E-state index in [4.69, 9.17) is 5.26 Å². The van der Waals surface area contributed by atoms with Crippen molar-refractivity contribution in [3.63, 3.8) is 0 Å². The Morgan fingerprint density at radius 2 is 2.14 bits per heavy atom. The highest BCUT2D eigenvalue weighted by molar-refractivity contribution is 5.85. The third-order valence-electron chi connectivity index (χ3n) is 4.15. The molecular formula is C15H20ClN5O. The number of hydrogen-bond donors (Lipinski definition) is 1. The summed E-state index contributed by atoms with van der Waals surface area (Å²) in [6.45, 7) is 3.91. The Morgan fingerprint density at radius 3 is 2.77 bits per heavy atom. The molecule has 0 aliphatic carbocycles. The number of pyridine rings is 1. The molecule has 2 aliphatic rings. The van der Waals surface area contributed by atoms with Gasteiger partial charge in [-0.2, -0.15) is 5.26 Å². The van der Waals surface area contributed by atoms with Gasteiger partial charge in [-0.3, -0.25) is 4.79 Å². The average Bonchev–Trinajstić information content (AvgIpc) is 3.09. The molecule has 3 rings (SSSR count). The van der Waals surface area contributed by atoms with Crippen LogP contribution in [0.2, 0.25) is 0 Å². The summed E-state index contributed by atoms with van der Waals surface area (Å²) in [5.41, 5.74) is 0.619. The zero-order valence-corrected chi connectivity index (χ0v) is 13.2. The van der Waals surface area contributed by atoms with Crippen molar-refractivity contribution < 1.29 is 4.79 Å². The lowest BCUT2D eigenvalue weighted by Crippen LogP contribution is -2.53. The van der Waals surface area contributed by atoms with E-state index in [0.717, 1.165) is 51.4 Å². The number of halogens is 1. The number of hydrogen-bond acceptors (Lipinski definition) is 5. The van der Waals surface area contributed by atoms with Gasteiger partial charge in [-0.1, -0.05) is 0 Å². The molecule has 2 fully saturated rings. The Balaban J connectivity index is 0.00000176. The van der Waals surface area contributed by atoms with Crippen molar-refractivity contribution in [3.05, 3.63) is 23.9 Å². The molecule has 2 aliphatic heterocycles. The third-order valence-corrected chi connectivity index (χ3v) is 4.15. The predicted molar refractivity (Wildman–Crippen MR) is 86.0 cm³/mol. The summed E-state index contributed by atoms with van der Waals surface area (Å²) in [7, 11) is 0. The molecule has 0 radical (unpaired) electrons. The molecule has 7 heteroatoms. The van der Waals surface area contributed by atoms with Crippen LogP contribution in [0.3, 0.4) is 0 Å². The van der Waals surface area contributed by atoms with Gasteiger partial charge >= 0.3 is 0 Å². The van der Waals surface area contributed by atoms with E-state index in [1.807, 2.05) is 4.90 Å². The number of anilines is 1. The van der Waals surface area contributed by atoms with E-state index in [2.05, 4.69) is 21.3 Å². The number of piperazine rings is 1. The molecule has 22 heavy (non-hydrogen) atoms. The second-order valence-electron chi connectivity index (χ2n) is 5.48. The zero-order chi connectivity index (χ0) is 14.7. The largest absolute Gasteiger partial charge is 0.353 e. The Hall–Kier alpha value is -1.84. The lowest BCUT2D eigenvalue weighted by atomic mass is 10.2. The highest BCUT2D eigenvalue weighted by atomic mass is 35.5. The quantitative estimate of drug-likeness (QED) is 0.871. The predicted octanol–water partition coefficient (Wildman–Crippen LogP) is 0.776. The van der Waals surface area contributed by atoms with E-state index in [9.17, 15) is 4.79 Å². The van der Waals surface area contributed by atoms with Gasteiger partial charge in [0.2, 0.25) is 5.91 Å². The molecular weight excluding hydrogens is 302 g/mol. The summed E-state index contributed by atoms with van der Waals surface area (Å²) in [5, 5.41) is 12.2. The number of rotatable bonds is 2. The van der Waals surface area contributed by atoms with Gasteiger partial charge < -0.3 is 15.1 Å². The topological polar surface area (TPSA) is 72.3 Å². The fourth-order valence-electron chi connectivity index (χ4n) is 2.93. The van der Waals surface area contributed by atoms with Gasteiger partial charge in [0.05, 0.1) is 17.7 Å². The first-order valence-electron chi connectivity index (χ1n) is 7.41. The van der Waals surface area contributed by atoms with E-state index >= 15 is 0 Å². The van der Waals surface area contributed by atoms with Crippen LogP contribution in [0.1, 0.15) is 18.4 Å². The van der Waals surface area contributed by atoms with Crippen LogP contribution in [-0.2, 0) is 4.79 Å². The first-order chi connectivity index (χ1) is 10.3. The van der Waals surface area contributed by atoms with Crippen LogP contribution >= 0.6 is 12.4 Å². The van der Waals surface area contributed by atoms with Crippen LogP contribution in [-0.4, -0.2) is 54.6 Å².